The number of fused-ring (bicyclic) bond motifs is 1. The molecule has 0 atom stereocenters. The molecular formula is C23H12N2O3. The minimum atomic E-state index is -0.473. The quantitative estimate of drug-likeness (QED) is 0.478. The molecule has 0 saturated carbocycles. The van der Waals surface area contributed by atoms with E-state index >= 15 is 0 Å². The minimum absolute atomic E-state index is 0.174. The molecule has 1 heterocycles. The van der Waals surface area contributed by atoms with Crippen molar-refractivity contribution in [1.29, 1.82) is 10.5 Å². The van der Waals surface area contributed by atoms with Gasteiger partial charge in [-0.15, -0.1) is 0 Å². The van der Waals surface area contributed by atoms with E-state index in [2.05, 4.69) is 0 Å². The molecule has 0 N–H and O–H groups in total. The lowest BCUT2D eigenvalue weighted by Crippen LogP contribution is -1.98. The smallest absolute Gasteiger partial charge is 0.336 e. The second-order valence-electron chi connectivity index (χ2n) is 6.01. The summed E-state index contributed by atoms with van der Waals surface area (Å²) in [6.07, 6.45) is 0. The molecule has 1 aromatic heterocycles. The van der Waals surface area contributed by atoms with Crippen molar-refractivity contribution in [3.8, 4) is 34.8 Å². The summed E-state index contributed by atoms with van der Waals surface area (Å²) in [7, 11) is 0. The van der Waals surface area contributed by atoms with Gasteiger partial charge in [0.25, 0.3) is 0 Å². The average Bonchev–Trinajstić information content (AvgIpc) is 2.73. The molecule has 0 fully saturated rings. The molecule has 0 aliphatic rings. The van der Waals surface area contributed by atoms with E-state index in [1.165, 1.54) is 6.07 Å². The highest BCUT2D eigenvalue weighted by Crippen LogP contribution is 2.33. The third kappa shape index (κ3) is 3.09. The summed E-state index contributed by atoms with van der Waals surface area (Å²) in [4.78, 5) is 12.1. The van der Waals surface area contributed by atoms with Crippen molar-refractivity contribution in [2.45, 2.75) is 0 Å². The lowest BCUT2D eigenvalue weighted by atomic mass is 10.0. The Kier molecular flexibility index (Phi) is 4.34. The van der Waals surface area contributed by atoms with Gasteiger partial charge in [-0.1, -0.05) is 36.4 Å². The van der Waals surface area contributed by atoms with E-state index in [4.69, 9.17) is 9.15 Å². The molecule has 0 aliphatic heterocycles. The van der Waals surface area contributed by atoms with Crippen molar-refractivity contribution < 1.29 is 9.15 Å². The van der Waals surface area contributed by atoms with E-state index in [-0.39, 0.29) is 16.9 Å². The van der Waals surface area contributed by atoms with E-state index in [1.807, 2.05) is 42.5 Å². The van der Waals surface area contributed by atoms with Gasteiger partial charge < -0.3 is 9.15 Å². The molecule has 0 aliphatic carbocycles. The van der Waals surface area contributed by atoms with Crippen molar-refractivity contribution in [1.82, 2.24) is 0 Å². The zero-order valence-electron chi connectivity index (χ0n) is 14.5. The number of hydrogen-bond donors (Lipinski definition) is 0. The SMILES string of the molecule is N#Cc1cccc(C#N)c1Oc1ccc2c(-c3ccccc3)cc(=O)oc2c1. The first-order chi connectivity index (χ1) is 13.7. The number of benzene rings is 3. The number of hydrogen-bond acceptors (Lipinski definition) is 5. The van der Waals surface area contributed by atoms with Gasteiger partial charge in [0.05, 0.1) is 11.1 Å². The summed E-state index contributed by atoms with van der Waals surface area (Å²) in [5.41, 5.74) is 2.04. The van der Waals surface area contributed by atoms with Gasteiger partial charge in [0.1, 0.15) is 23.5 Å². The summed E-state index contributed by atoms with van der Waals surface area (Å²) >= 11 is 0. The molecule has 0 radical (unpaired) electrons. The van der Waals surface area contributed by atoms with Crippen LogP contribution in [0.2, 0.25) is 0 Å². The third-order valence-electron chi connectivity index (χ3n) is 4.28. The zero-order chi connectivity index (χ0) is 19.5. The van der Waals surface area contributed by atoms with Crippen LogP contribution in [-0.4, -0.2) is 0 Å². The molecule has 5 nitrogen and oxygen atoms in total. The van der Waals surface area contributed by atoms with Crippen LogP contribution in [0, 0.1) is 22.7 Å². The van der Waals surface area contributed by atoms with Gasteiger partial charge in [-0.2, -0.15) is 10.5 Å². The van der Waals surface area contributed by atoms with Gasteiger partial charge in [0, 0.05) is 17.5 Å². The maximum atomic E-state index is 12.1. The predicted molar refractivity (Wildman–Crippen MR) is 104 cm³/mol. The Bertz CT molecular complexity index is 1290. The fraction of sp³-hybridized carbons (Fsp3) is 0. The summed E-state index contributed by atoms with van der Waals surface area (Å²) in [5, 5.41) is 19.3. The van der Waals surface area contributed by atoms with Crippen LogP contribution < -0.4 is 10.4 Å². The van der Waals surface area contributed by atoms with Gasteiger partial charge in [-0.05, 0) is 35.4 Å². The highest BCUT2D eigenvalue weighted by Gasteiger charge is 2.13. The topological polar surface area (TPSA) is 87.0 Å². The van der Waals surface area contributed by atoms with Crippen LogP contribution in [0.15, 0.2) is 82.0 Å². The first-order valence-electron chi connectivity index (χ1n) is 8.44. The van der Waals surface area contributed by atoms with Gasteiger partial charge in [-0.25, -0.2) is 4.79 Å². The van der Waals surface area contributed by atoms with Crippen molar-refractivity contribution in [3.63, 3.8) is 0 Å². The maximum absolute atomic E-state index is 12.1. The van der Waals surface area contributed by atoms with E-state index in [1.54, 1.807) is 36.4 Å². The molecule has 132 valence electrons. The van der Waals surface area contributed by atoms with Crippen molar-refractivity contribution in [2.75, 3.05) is 0 Å². The molecule has 0 spiro atoms. The van der Waals surface area contributed by atoms with Crippen LogP contribution in [0.1, 0.15) is 11.1 Å². The van der Waals surface area contributed by atoms with E-state index in [0.29, 0.717) is 11.3 Å². The third-order valence-corrected chi connectivity index (χ3v) is 4.28. The van der Waals surface area contributed by atoms with Crippen molar-refractivity contribution >= 4 is 11.0 Å². The van der Waals surface area contributed by atoms with Gasteiger partial charge >= 0.3 is 5.63 Å². The van der Waals surface area contributed by atoms with Gasteiger partial charge in [-0.3, -0.25) is 0 Å². The molecule has 4 rings (SSSR count). The molecule has 5 heteroatoms. The Hall–Kier alpha value is -4.35. The summed E-state index contributed by atoms with van der Waals surface area (Å²) in [6.45, 7) is 0. The summed E-state index contributed by atoms with van der Waals surface area (Å²) < 4.78 is 11.2. The highest BCUT2D eigenvalue weighted by atomic mass is 16.5. The standard InChI is InChI=1S/C23H12N2O3/c24-13-16-7-4-8-17(14-25)23(16)27-18-9-10-19-20(15-5-2-1-3-6-15)12-22(26)28-21(19)11-18/h1-12H. The molecule has 28 heavy (non-hydrogen) atoms. The van der Waals surface area contributed by atoms with Crippen LogP contribution >= 0.6 is 0 Å². The number of rotatable bonds is 3. The number of para-hydroxylation sites is 1. The van der Waals surface area contributed by atoms with Gasteiger partial charge in [0.2, 0.25) is 0 Å². The largest absolute Gasteiger partial charge is 0.454 e. The monoisotopic (exact) mass is 364 g/mol. The lowest BCUT2D eigenvalue weighted by Gasteiger charge is -2.11. The highest BCUT2D eigenvalue weighted by molar-refractivity contribution is 5.93. The summed E-state index contributed by atoms with van der Waals surface area (Å²) in [6, 6.07) is 24.9. The van der Waals surface area contributed by atoms with Crippen LogP contribution in [-0.2, 0) is 0 Å². The van der Waals surface area contributed by atoms with Crippen LogP contribution in [0.5, 0.6) is 11.5 Å². The van der Waals surface area contributed by atoms with Crippen molar-refractivity contribution in [2.24, 2.45) is 0 Å². The Balaban J connectivity index is 1.84. The van der Waals surface area contributed by atoms with Crippen LogP contribution in [0.25, 0.3) is 22.1 Å². The van der Waals surface area contributed by atoms with Crippen molar-refractivity contribution in [3.05, 3.63) is 94.3 Å². The fourth-order valence-electron chi connectivity index (χ4n) is 3.00. The Labute approximate surface area is 160 Å². The molecule has 0 bridgehead atoms. The molecule has 3 aromatic carbocycles. The lowest BCUT2D eigenvalue weighted by molar-refractivity contribution is 0.477. The minimum Gasteiger partial charge on any atom is -0.454 e. The van der Waals surface area contributed by atoms with E-state index < -0.39 is 5.63 Å². The Morgan fingerprint density at radius 2 is 1.54 bits per heavy atom. The molecule has 0 unspecified atom stereocenters. The molecule has 4 aromatic rings. The average molecular weight is 364 g/mol. The van der Waals surface area contributed by atoms with E-state index in [0.717, 1.165) is 16.5 Å². The molecule has 0 saturated heterocycles. The fourth-order valence-corrected chi connectivity index (χ4v) is 3.00. The normalized spacial score (nSPS) is 10.2. The predicted octanol–water partition coefficient (Wildman–Crippen LogP) is 5.00. The van der Waals surface area contributed by atoms with Gasteiger partial charge in [0.15, 0.2) is 5.75 Å². The number of ether oxygens (including phenoxy) is 1. The second kappa shape index (κ2) is 7.11. The second-order valence-corrected chi connectivity index (χ2v) is 6.01. The van der Waals surface area contributed by atoms with E-state index in [9.17, 15) is 15.3 Å². The Morgan fingerprint density at radius 1 is 0.821 bits per heavy atom. The zero-order valence-corrected chi connectivity index (χ0v) is 14.5. The summed E-state index contributed by atoms with van der Waals surface area (Å²) in [5.74, 6) is 0.536. The van der Waals surface area contributed by atoms with Crippen LogP contribution in [0.4, 0.5) is 0 Å². The molecular weight excluding hydrogens is 352 g/mol. The van der Waals surface area contributed by atoms with Crippen LogP contribution in [0.3, 0.4) is 0 Å². The number of nitrogens with zero attached hydrogens (tertiary/aromatic N) is 2. The maximum Gasteiger partial charge on any atom is 0.336 e. The first kappa shape index (κ1) is 17.1. The number of nitriles is 2. The Morgan fingerprint density at radius 3 is 2.21 bits per heavy atom. The first-order valence-corrected chi connectivity index (χ1v) is 8.44. The molecule has 0 amide bonds.